The maximum atomic E-state index is 12.9. The van der Waals surface area contributed by atoms with Crippen molar-refractivity contribution in [3.8, 4) is 0 Å². The number of hydrogen-bond acceptors (Lipinski definition) is 4. The van der Waals surface area contributed by atoms with Crippen LogP contribution in [0.1, 0.15) is 18.9 Å². The Bertz CT molecular complexity index is 812. The second-order valence-corrected chi connectivity index (χ2v) is 9.86. The summed E-state index contributed by atoms with van der Waals surface area (Å²) >= 11 is -2.36. The molecule has 2 aromatic carbocycles. The fourth-order valence-electron chi connectivity index (χ4n) is 3.22. The molecule has 3 rings (SSSR count). The second kappa shape index (κ2) is 9.78. The van der Waals surface area contributed by atoms with Crippen molar-refractivity contribution in [2.75, 3.05) is 0 Å². The van der Waals surface area contributed by atoms with Crippen molar-refractivity contribution in [2.45, 2.75) is 43.6 Å². The molecule has 2 aromatic rings. The Labute approximate surface area is 170 Å². The first-order chi connectivity index (χ1) is 13.6. The molecule has 0 spiro atoms. The molecule has 0 radical (unpaired) electrons. The first-order valence-electron chi connectivity index (χ1n) is 9.29. The number of rotatable bonds is 6. The first-order valence-corrected chi connectivity index (χ1v) is 12.1. The molecule has 1 amide bonds. The zero-order valence-electron chi connectivity index (χ0n) is 15.9. The molecule has 0 bridgehead atoms. The summed E-state index contributed by atoms with van der Waals surface area (Å²) in [7, 11) is 0. The standard InChI is InChI=1S/C22H25NO4Se/c1-3-19-14-17(2)23(22(24)26-15-18-10-6-4-7-11-18)21(27-19)16-28(25)20-12-8-5-9-13-20/h3-13,17,19,21H,1,14-16H2,2H3/t17-,19+,21-,28?/m0/s1. The SMILES string of the molecule is C=C[C@@H]1C[C@H](C)N(C(=O)OCc2ccccc2)[C@H](C[Se](=O)c2ccccc2)O1. The van der Waals surface area contributed by atoms with Gasteiger partial charge in [0.05, 0.1) is 0 Å². The summed E-state index contributed by atoms with van der Waals surface area (Å²) in [4.78, 5) is 14.4. The summed E-state index contributed by atoms with van der Waals surface area (Å²) in [5.74, 6) is 0. The van der Waals surface area contributed by atoms with E-state index >= 15 is 0 Å². The molecule has 148 valence electrons. The van der Waals surface area contributed by atoms with Crippen LogP contribution in [-0.4, -0.2) is 43.2 Å². The third-order valence-electron chi connectivity index (χ3n) is 4.67. The number of amides is 1. The van der Waals surface area contributed by atoms with E-state index in [0.717, 1.165) is 10.0 Å². The van der Waals surface area contributed by atoms with Gasteiger partial charge in [0, 0.05) is 0 Å². The van der Waals surface area contributed by atoms with Gasteiger partial charge in [0.2, 0.25) is 0 Å². The van der Waals surface area contributed by atoms with Crippen LogP contribution in [0.3, 0.4) is 0 Å². The van der Waals surface area contributed by atoms with E-state index in [4.69, 9.17) is 9.47 Å². The van der Waals surface area contributed by atoms with Crippen LogP contribution in [0.2, 0.25) is 5.32 Å². The fraction of sp³-hybridized carbons (Fsp3) is 0.318. The molecule has 1 fully saturated rings. The Kier molecular flexibility index (Phi) is 7.15. The summed E-state index contributed by atoms with van der Waals surface area (Å²) in [6.07, 6.45) is 1.15. The van der Waals surface area contributed by atoms with E-state index < -0.39 is 26.2 Å². The number of carbonyl (C=O) groups is 1. The van der Waals surface area contributed by atoms with E-state index in [0.29, 0.717) is 6.42 Å². The van der Waals surface area contributed by atoms with Gasteiger partial charge in [0.25, 0.3) is 0 Å². The van der Waals surface area contributed by atoms with Gasteiger partial charge in [-0.05, 0) is 0 Å². The molecule has 1 saturated heterocycles. The predicted molar refractivity (Wildman–Crippen MR) is 109 cm³/mol. The van der Waals surface area contributed by atoms with Crippen LogP contribution in [0, 0.1) is 0 Å². The normalized spacial score (nSPS) is 23.0. The fourth-order valence-corrected chi connectivity index (χ4v) is 5.63. The summed E-state index contributed by atoms with van der Waals surface area (Å²) < 4.78 is 25.2. The molecule has 1 aliphatic rings. The summed E-state index contributed by atoms with van der Waals surface area (Å²) in [5, 5.41) is 0.277. The van der Waals surface area contributed by atoms with Crippen LogP contribution >= 0.6 is 0 Å². The van der Waals surface area contributed by atoms with E-state index in [9.17, 15) is 8.63 Å². The van der Waals surface area contributed by atoms with Gasteiger partial charge in [-0.1, -0.05) is 0 Å². The molecule has 5 nitrogen and oxygen atoms in total. The Morgan fingerprint density at radius 1 is 1.21 bits per heavy atom. The van der Waals surface area contributed by atoms with Gasteiger partial charge in [0.15, 0.2) is 0 Å². The maximum absolute atomic E-state index is 12.9. The van der Waals surface area contributed by atoms with E-state index in [2.05, 4.69) is 6.58 Å². The average Bonchev–Trinajstić information content (AvgIpc) is 2.73. The molecule has 6 heteroatoms. The molecular formula is C22H25NO4Se. The zero-order chi connectivity index (χ0) is 19.9. The van der Waals surface area contributed by atoms with Gasteiger partial charge in [-0.3, -0.25) is 0 Å². The van der Waals surface area contributed by atoms with Crippen LogP contribution in [0.15, 0.2) is 73.3 Å². The monoisotopic (exact) mass is 447 g/mol. The number of benzene rings is 2. The van der Waals surface area contributed by atoms with Gasteiger partial charge in [-0.25, -0.2) is 0 Å². The molecule has 0 aliphatic carbocycles. The second-order valence-electron chi connectivity index (χ2n) is 6.72. The summed E-state index contributed by atoms with van der Waals surface area (Å²) in [6, 6.07) is 18.8. The van der Waals surface area contributed by atoms with E-state index in [1.165, 1.54) is 0 Å². The van der Waals surface area contributed by atoms with Crippen molar-refractivity contribution in [3.63, 3.8) is 0 Å². The van der Waals surface area contributed by atoms with Gasteiger partial charge >= 0.3 is 170 Å². The number of nitrogens with zero attached hydrogens (tertiary/aromatic N) is 1. The third-order valence-corrected chi connectivity index (χ3v) is 7.58. The number of ether oxygens (including phenoxy) is 2. The molecule has 1 unspecified atom stereocenters. The van der Waals surface area contributed by atoms with Crippen molar-refractivity contribution in [3.05, 3.63) is 78.9 Å². The zero-order valence-corrected chi connectivity index (χ0v) is 17.6. The molecular weight excluding hydrogens is 421 g/mol. The van der Waals surface area contributed by atoms with E-state index in [1.807, 2.05) is 67.6 Å². The van der Waals surface area contributed by atoms with Crippen molar-refractivity contribution in [1.82, 2.24) is 4.90 Å². The van der Waals surface area contributed by atoms with Gasteiger partial charge in [0.1, 0.15) is 0 Å². The Balaban J connectivity index is 1.72. The molecule has 0 N–H and O–H groups in total. The third kappa shape index (κ3) is 5.16. The first kappa shape index (κ1) is 20.5. The van der Waals surface area contributed by atoms with Gasteiger partial charge < -0.3 is 0 Å². The van der Waals surface area contributed by atoms with Crippen LogP contribution < -0.4 is 4.46 Å². The van der Waals surface area contributed by atoms with E-state index in [-0.39, 0.29) is 24.1 Å². The summed E-state index contributed by atoms with van der Waals surface area (Å²) in [5.41, 5.74) is 0.918. The number of hydrogen-bond donors (Lipinski definition) is 0. The van der Waals surface area contributed by atoms with Crippen LogP contribution in [-0.2, 0) is 19.9 Å². The minimum atomic E-state index is -2.36. The molecule has 1 aliphatic heterocycles. The van der Waals surface area contributed by atoms with Crippen molar-refractivity contribution < 1.29 is 18.1 Å². The van der Waals surface area contributed by atoms with Crippen molar-refractivity contribution >= 4 is 24.4 Å². The van der Waals surface area contributed by atoms with Crippen molar-refractivity contribution in [1.29, 1.82) is 0 Å². The quantitative estimate of drug-likeness (QED) is 0.502. The molecule has 0 saturated carbocycles. The van der Waals surface area contributed by atoms with Crippen LogP contribution in [0.25, 0.3) is 0 Å². The number of carbonyl (C=O) groups excluding carboxylic acids is 1. The van der Waals surface area contributed by atoms with Gasteiger partial charge in [-0.2, -0.15) is 0 Å². The molecule has 28 heavy (non-hydrogen) atoms. The molecule has 0 aromatic heterocycles. The molecule has 4 atom stereocenters. The topological polar surface area (TPSA) is 55.8 Å². The Hall–Kier alpha value is -2.27. The Morgan fingerprint density at radius 3 is 2.50 bits per heavy atom. The van der Waals surface area contributed by atoms with E-state index in [1.54, 1.807) is 11.0 Å². The van der Waals surface area contributed by atoms with Crippen LogP contribution in [0.5, 0.6) is 0 Å². The van der Waals surface area contributed by atoms with Crippen LogP contribution in [0.4, 0.5) is 4.79 Å². The van der Waals surface area contributed by atoms with Crippen molar-refractivity contribution in [2.24, 2.45) is 0 Å². The minimum absolute atomic E-state index is 0.0976. The predicted octanol–water partition coefficient (Wildman–Crippen LogP) is 3.64. The Morgan fingerprint density at radius 2 is 1.86 bits per heavy atom. The van der Waals surface area contributed by atoms with Gasteiger partial charge in [-0.15, -0.1) is 0 Å². The average molecular weight is 446 g/mol. The summed E-state index contributed by atoms with van der Waals surface area (Å²) in [6.45, 7) is 5.96. The molecule has 1 heterocycles.